The minimum absolute atomic E-state index is 0.333. The highest BCUT2D eigenvalue weighted by atomic mass is 16.5. The third-order valence-corrected chi connectivity index (χ3v) is 3.97. The van der Waals surface area contributed by atoms with Crippen LogP contribution in [0.5, 0.6) is 11.6 Å². The molecule has 0 unspecified atom stereocenters. The van der Waals surface area contributed by atoms with Crippen LogP contribution in [-0.2, 0) is 4.74 Å². The van der Waals surface area contributed by atoms with Gasteiger partial charge in [-0.05, 0) is 68.3 Å². The number of aromatic nitrogens is 2. The smallest absolute Gasteiger partial charge is 0.338 e. The van der Waals surface area contributed by atoms with E-state index in [9.17, 15) is 4.79 Å². The number of esters is 1. The Morgan fingerprint density at radius 3 is 2.43 bits per heavy atom. The van der Waals surface area contributed by atoms with E-state index in [2.05, 4.69) is 15.3 Å². The first-order valence-electron chi connectivity index (χ1n) is 8.88. The van der Waals surface area contributed by atoms with Crippen LogP contribution in [0.1, 0.15) is 28.4 Å². The molecule has 3 aromatic rings. The van der Waals surface area contributed by atoms with E-state index in [1.165, 1.54) is 0 Å². The lowest BCUT2D eigenvalue weighted by Gasteiger charge is -2.13. The van der Waals surface area contributed by atoms with Gasteiger partial charge in [-0.2, -0.15) is 4.98 Å². The van der Waals surface area contributed by atoms with E-state index in [0.717, 1.165) is 16.8 Å². The number of nitrogens with one attached hydrogen (secondary N) is 1. The summed E-state index contributed by atoms with van der Waals surface area (Å²) >= 11 is 0. The Morgan fingerprint density at radius 2 is 1.79 bits per heavy atom. The molecule has 0 fully saturated rings. The molecule has 1 aromatic heterocycles. The van der Waals surface area contributed by atoms with Gasteiger partial charge >= 0.3 is 5.97 Å². The molecule has 0 saturated heterocycles. The van der Waals surface area contributed by atoms with Crippen LogP contribution in [-0.4, -0.2) is 22.5 Å². The summed E-state index contributed by atoms with van der Waals surface area (Å²) in [4.78, 5) is 20.6. The topological polar surface area (TPSA) is 99.4 Å². The van der Waals surface area contributed by atoms with Crippen LogP contribution in [0.15, 0.2) is 48.7 Å². The molecule has 1 heterocycles. The number of hydrogen-bond donors (Lipinski definition) is 2. The zero-order chi connectivity index (χ0) is 20.1. The number of carbonyl (C=O) groups excluding carboxylic acids is 1. The van der Waals surface area contributed by atoms with E-state index in [0.29, 0.717) is 35.4 Å². The third-order valence-electron chi connectivity index (χ3n) is 3.97. The van der Waals surface area contributed by atoms with Crippen LogP contribution < -0.4 is 15.8 Å². The number of rotatable bonds is 6. The number of nitrogens with zero attached hydrogens (tertiary/aromatic N) is 2. The fourth-order valence-electron chi connectivity index (χ4n) is 2.70. The lowest BCUT2D eigenvalue weighted by atomic mass is 10.1. The van der Waals surface area contributed by atoms with Gasteiger partial charge in [0.25, 0.3) is 0 Å². The van der Waals surface area contributed by atoms with Crippen molar-refractivity contribution in [3.63, 3.8) is 0 Å². The molecule has 0 spiro atoms. The normalized spacial score (nSPS) is 10.4. The summed E-state index contributed by atoms with van der Waals surface area (Å²) in [7, 11) is 0. The Bertz CT molecular complexity index is 964. The second kappa shape index (κ2) is 8.39. The van der Waals surface area contributed by atoms with Crippen molar-refractivity contribution in [2.45, 2.75) is 20.8 Å². The number of nitrogens with two attached hydrogens (primary N) is 1. The molecule has 3 N–H and O–H groups in total. The van der Waals surface area contributed by atoms with Crippen molar-refractivity contribution < 1.29 is 14.3 Å². The molecule has 0 aliphatic heterocycles. The van der Waals surface area contributed by atoms with Crippen LogP contribution in [0.4, 0.5) is 17.3 Å². The Hall–Kier alpha value is -3.61. The summed E-state index contributed by atoms with van der Waals surface area (Å²) in [5, 5.41) is 3.11. The molecule has 2 aromatic carbocycles. The monoisotopic (exact) mass is 378 g/mol. The summed E-state index contributed by atoms with van der Waals surface area (Å²) in [5.41, 5.74) is 9.32. The van der Waals surface area contributed by atoms with E-state index in [1.807, 2.05) is 26.0 Å². The Balaban J connectivity index is 1.80. The van der Waals surface area contributed by atoms with Crippen molar-refractivity contribution in [2.24, 2.45) is 0 Å². The highest BCUT2D eigenvalue weighted by molar-refractivity contribution is 5.90. The first-order valence-corrected chi connectivity index (χ1v) is 8.88. The van der Waals surface area contributed by atoms with E-state index < -0.39 is 0 Å². The number of nitrogen functional groups attached to an aromatic ring is 1. The molecule has 28 heavy (non-hydrogen) atoms. The van der Waals surface area contributed by atoms with Crippen molar-refractivity contribution in [3.05, 3.63) is 65.4 Å². The number of ether oxygens (including phenoxy) is 2. The average molecular weight is 378 g/mol. The quantitative estimate of drug-likeness (QED) is 0.485. The third kappa shape index (κ3) is 4.56. The molecule has 0 amide bonds. The maximum atomic E-state index is 12.0. The largest absolute Gasteiger partial charge is 0.462 e. The second-order valence-electron chi connectivity index (χ2n) is 6.23. The molecule has 0 saturated carbocycles. The van der Waals surface area contributed by atoms with Crippen LogP contribution in [0, 0.1) is 13.8 Å². The van der Waals surface area contributed by atoms with Crippen LogP contribution in [0.2, 0.25) is 0 Å². The van der Waals surface area contributed by atoms with Gasteiger partial charge in [-0.1, -0.05) is 0 Å². The zero-order valence-electron chi connectivity index (χ0n) is 16.0. The summed E-state index contributed by atoms with van der Waals surface area (Å²) < 4.78 is 11.0. The molecule has 0 aliphatic carbocycles. The van der Waals surface area contributed by atoms with Gasteiger partial charge in [-0.15, -0.1) is 0 Å². The number of aryl methyl sites for hydroxylation is 2. The van der Waals surface area contributed by atoms with Crippen LogP contribution in [0.25, 0.3) is 0 Å². The highest BCUT2D eigenvalue weighted by Crippen LogP contribution is 2.29. The lowest BCUT2D eigenvalue weighted by molar-refractivity contribution is 0.0526. The van der Waals surface area contributed by atoms with Crippen molar-refractivity contribution in [2.75, 3.05) is 17.7 Å². The van der Waals surface area contributed by atoms with Crippen molar-refractivity contribution in [1.82, 2.24) is 9.97 Å². The predicted octanol–water partition coefficient (Wildman–Crippen LogP) is 4.39. The van der Waals surface area contributed by atoms with Crippen molar-refractivity contribution in [1.29, 1.82) is 0 Å². The van der Waals surface area contributed by atoms with Gasteiger partial charge in [0.1, 0.15) is 5.75 Å². The zero-order valence-corrected chi connectivity index (χ0v) is 16.0. The lowest BCUT2D eigenvalue weighted by Crippen LogP contribution is -2.06. The minimum Gasteiger partial charge on any atom is -0.462 e. The fourth-order valence-corrected chi connectivity index (χ4v) is 2.70. The van der Waals surface area contributed by atoms with E-state index in [4.69, 9.17) is 15.2 Å². The second-order valence-corrected chi connectivity index (χ2v) is 6.23. The van der Waals surface area contributed by atoms with Crippen LogP contribution >= 0.6 is 0 Å². The van der Waals surface area contributed by atoms with Gasteiger partial charge in [0.05, 0.1) is 12.2 Å². The van der Waals surface area contributed by atoms with Gasteiger partial charge in [-0.3, -0.25) is 0 Å². The van der Waals surface area contributed by atoms with Crippen molar-refractivity contribution in [3.8, 4) is 11.6 Å². The molecular weight excluding hydrogens is 356 g/mol. The molecule has 0 bridgehead atoms. The average Bonchev–Trinajstić information content (AvgIpc) is 2.67. The number of hydrogen-bond acceptors (Lipinski definition) is 7. The van der Waals surface area contributed by atoms with E-state index in [1.54, 1.807) is 43.5 Å². The Labute approximate surface area is 163 Å². The van der Waals surface area contributed by atoms with Gasteiger partial charge < -0.3 is 20.5 Å². The summed E-state index contributed by atoms with van der Waals surface area (Å²) in [6.07, 6.45) is 1.61. The number of anilines is 3. The molecule has 0 atom stereocenters. The molecule has 0 radical (unpaired) electrons. The predicted molar refractivity (Wildman–Crippen MR) is 108 cm³/mol. The fraction of sp³-hybridized carbons (Fsp3) is 0.190. The van der Waals surface area contributed by atoms with Gasteiger partial charge in [0.15, 0.2) is 0 Å². The number of carbonyl (C=O) groups is 1. The maximum Gasteiger partial charge on any atom is 0.338 e. The standard InChI is InChI=1S/C21H22N4O3/c1-4-27-20(26)15-11-13(2)19(14(3)12-15)28-18-9-10-23-21(25-18)24-17-7-5-16(22)6-8-17/h5-12H,4,22H2,1-3H3,(H,23,24,25). The molecular formula is C21H22N4O3. The van der Waals surface area contributed by atoms with Gasteiger partial charge in [-0.25, -0.2) is 9.78 Å². The molecule has 144 valence electrons. The Morgan fingerprint density at radius 1 is 1.11 bits per heavy atom. The van der Waals surface area contributed by atoms with E-state index >= 15 is 0 Å². The molecule has 7 nitrogen and oxygen atoms in total. The highest BCUT2D eigenvalue weighted by Gasteiger charge is 2.14. The number of benzene rings is 2. The van der Waals surface area contributed by atoms with Gasteiger partial charge in [0.2, 0.25) is 11.8 Å². The van der Waals surface area contributed by atoms with Crippen LogP contribution in [0.3, 0.4) is 0 Å². The Kier molecular flexibility index (Phi) is 5.74. The molecule has 7 heteroatoms. The van der Waals surface area contributed by atoms with Crippen molar-refractivity contribution >= 4 is 23.3 Å². The first-order chi connectivity index (χ1) is 13.5. The molecule has 0 aliphatic rings. The SMILES string of the molecule is CCOC(=O)c1cc(C)c(Oc2ccnc(Nc3ccc(N)cc3)n2)c(C)c1. The molecule has 3 rings (SSSR count). The summed E-state index contributed by atoms with van der Waals surface area (Å²) in [6.45, 7) is 5.86. The minimum atomic E-state index is -0.350. The van der Waals surface area contributed by atoms with Gasteiger partial charge in [0, 0.05) is 23.6 Å². The summed E-state index contributed by atoms with van der Waals surface area (Å²) in [5.74, 6) is 1.09. The summed E-state index contributed by atoms with van der Waals surface area (Å²) in [6, 6.07) is 12.4. The first kappa shape index (κ1) is 19.2. The maximum absolute atomic E-state index is 12.0. The van der Waals surface area contributed by atoms with E-state index in [-0.39, 0.29) is 5.97 Å².